The molecule has 0 spiro atoms. The van der Waals surface area contributed by atoms with E-state index in [0.717, 1.165) is 5.56 Å². The lowest BCUT2D eigenvalue weighted by molar-refractivity contribution is -0.132. The molecule has 0 aromatic heterocycles. The van der Waals surface area contributed by atoms with Gasteiger partial charge in [-0.2, -0.15) is 0 Å². The van der Waals surface area contributed by atoms with Crippen LogP contribution in [0.4, 0.5) is 5.69 Å². The predicted octanol–water partition coefficient (Wildman–Crippen LogP) is 5.27. The van der Waals surface area contributed by atoms with Gasteiger partial charge in [0.05, 0.1) is 11.6 Å². The first-order valence-corrected chi connectivity index (χ1v) is 9.54. The molecule has 144 valence electrons. The molecule has 1 aliphatic rings. The number of benzene rings is 3. The quantitative estimate of drug-likeness (QED) is 0.368. The topological polar surface area (TPSA) is 57.6 Å². The zero-order valence-corrected chi connectivity index (χ0v) is 16.4. The van der Waals surface area contributed by atoms with Crippen LogP contribution in [0.1, 0.15) is 22.7 Å². The number of aliphatic hydroxyl groups is 1. The molecule has 0 unspecified atom stereocenters. The van der Waals surface area contributed by atoms with Crippen molar-refractivity contribution >= 4 is 34.7 Å². The number of halogens is 1. The molecule has 4 nitrogen and oxygen atoms in total. The summed E-state index contributed by atoms with van der Waals surface area (Å²) in [6, 6.07) is 22.3. The second kappa shape index (κ2) is 7.57. The van der Waals surface area contributed by atoms with Crippen molar-refractivity contribution in [2.45, 2.75) is 13.0 Å². The lowest BCUT2D eigenvalue weighted by Crippen LogP contribution is -2.29. The fourth-order valence-corrected chi connectivity index (χ4v) is 3.86. The Bertz CT molecular complexity index is 1140. The van der Waals surface area contributed by atoms with E-state index in [9.17, 15) is 14.7 Å². The summed E-state index contributed by atoms with van der Waals surface area (Å²) in [5, 5.41) is 11.4. The number of anilines is 1. The van der Waals surface area contributed by atoms with E-state index in [1.807, 2.05) is 31.2 Å². The average molecular weight is 404 g/mol. The van der Waals surface area contributed by atoms with Gasteiger partial charge in [0.25, 0.3) is 11.7 Å². The van der Waals surface area contributed by atoms with Crippen LogP contribution in [0.15, 0.2) is 84.4 Å². The van der Waals surface area contributed by atoms with Gasteiger partial charge < -0.3 is 5.11 Å². The molecular formula is C24H18ClNO3. The molecule has 1 aliphatic heterocycles. The monoisotopic (exact) mass is 403 g/mol. The molecule has 0 radical (unpaired) electrons. The minimum Gasteiger partial charge on any atom is -0.507 e. The number of Topliss-reactive ketones (excluding diaryl/α,β-unsaturated/α-hetero) is 1. The molecule has 1 atom stereocenters. The number of hydrogen-bond acceptors (Lipinski definition) is 3. The summed E-state index contributed by atoms with van der Waals surface area (Å²) >= 11 is 6.45. The molecule has 4 rings (SSSR count). The maximum Gasteiger partial charge on any atom is 0.300 e. The van der Waals surface area contributed by atoms with Crippen molar-refractivity contribution in [2.75, 3.05) is 4.90 Å². The van der Waals surface area contributed by atoms with Crippen LogP contribution in [0.2, 0.25) is 5.02 Å². The molecule has 0 saturated carbocycles. The van der Waals surface area contributed by atoms with Gasteiger partial charge in [-0.15, -0.1) is 0 Å². The standard InChI is InChI=1S/C24H18ClNO3/c1-15-8-7-11-17(14-15)26-21(18-12-5-6-13-19(18)25)20(23(28)24(26)29)22(27)16-9-3-2-4-10-16/h2-14,21,27H,1H3/b22-20+/t21-/m1/s1. The maximum atomic E-state index is 13.0. The van der Waals surface area contributed by atoms with Crippen LogP contribution in [0.3, 0.4) is 0 Å². The maximum absolute atomic E-state index is 13.0. The van der Waals surface area contributed by atoms with Gasteiger partial charge in [0.2, 0.25) is 0 Å². The number of rotatable bonds is 3. The smallest absolute Gasteiger partial charge is 0.300 e. The van der Waals surface area contributed by atoms with Crippen LogP contribution in [-0.4, -0.2) is 16.8 Å². The molecule has 1 heterocycles. The Morgan fingerprint density at radius 2 is 1.62 bits per heavy atom. The van der Waals surface area contributed by atoms with E-state index in [2.05, 4.69) is 0 Å². The Hall–Kier alpha value is -3.37. The highest BCUT2D eigenvalue weighted by atomic mass is 35.5. The molecular weight excluding hydrogens is 386 g/mol. The highest BCUT2D eigenvalue weighted by Crippen LogP contribution is 2.44. The van der Waals surface area contributed by atoms with Gasteiger partial charge in [0, 0.05) is 16.3 Å². The lowest BCUT2D eigenvalue weighted by Gasteiger charge is -2.26. The number of hydrogen-bond donors (Lipinski definition) is 1. The summed E-state index contributed by atoms with van der Waals surface area (Å²) in [6.07, 6.45) is 0. The first-order valence-electron chi connectivity index (χ1n) is 9.16. The number of ketones is 1. The Balaban J connectivity index is 1.99. The fraction of sp³-hybridized carbons (Fsp3) is 0.0833. The van der Waals surface area contributed by atoms with Crippen LogP contribution < -0.4 is 4.90 Å². The number of aliphatic hydroxyl groups excluding tert-OH is 1. The molecule has 1 fully saturated rings. The fourth-order valence-electron chi connectivity index (χ4n) is 3.62. The summed E-state index contributed by atoms with van der Waals surface area (Å²) < 4.78 is 0. The van der Waals surface area contributed by atoms with E-state index >= 15 is 0 Å². The summed E-state index contributed by atoms with van der Waals surface area (Å²) in [7, 11) is 0. The largest absolute Gasteiger partial charge is 0.507 e. The average Bonchev–Trinajstić information content (AvgIpc) is 2.99. The van der Waals surface area contributed by atoms with Gasteiger partial charge in [0.1, 0.15) is 5.76 Å². The van der Waals surface area contributed by atoms with Crippen molar-refractivity contribution in [1.82, 2.24) is 0 Å². The third kappa shape index (κ3) is 3.32. The summed E-state index contributed by atoms with van der Waals surface area (Å²) in [5.74, 6) is -1.65. The summed E-state index contributed by atoms with van der Waals surface area (Å²) in [6.45, 7) is 1.91. The number of aryl methyl sites for hydroxylation is 1. The normalized spacial score (nSPS) is 18.3. The van der Waals surface area contributed by atoms with Gasteiger partial charge >= 0.3 is 0 Å². The van der Waals surface area contributed by atoms with E-state index in [-0.39, 0.29) is 11.3 Å². The summed E-state index contributed by atoms with van der Waals surface area (Å²) in [4.78, 5) is 27.5. The molecule has 1 saturated heterocycles. The molecule has 0 bridgehead atoms. The second-order valence-electron chi connectivity index (χ2n) is 6.90. The molecule has 5 heteroatoms. The third-order valence-electron chi connectivity index (χ3n) is 4.97. The zero-order valence-electron chi connectivity index (χ0n) is 15.7. The van der Waals surface area contributed by atoms with Crippen molar-refractivity contribution in [1.29, 1.82) is 0 Å². The number of carbonyl (C=O) groups excluding carboxylic acids is 2. The van der Waals surface area contributed by atoms with Crippen molar-refractivity contribution in [3.8, 4) is 0 Å². The van der Waals surface area contributed by atoms with E-state index in [1.54, 1.807) is 54.6 Å². The van der Waals surface area contributed by atoms with Gasteiger partial charge in [0.15, 0.2) is 0 Å². The van der Waals surface area contributed by atoms with Gasteiger partial charge in [-0.05, 0) is 36.2 Å². The Morgan fingerprint density at radius 1 is 0.931 bits per heavy atom. The van der Waals surface area contributed by atoms with Gasteiger partial charge in [-0.25, -0.2) is 0 Å². The molecule has 3 aromatic rings. The van der Waals surface area contributed by atoms with Crippen LogP contribution in [-0.2, 0) is 9.59 Å². The molecule has 29 heavy (non-hydrogen) atoms. The van der Waals surface area contributed by atoms with Crippen LogP contribution in [0, 0.1) is 6.92 Å². The first kappa shape index (κ1) is 19.0. The Kier molecular flexibility index (Phi) is 4.95. The van der Waals surface area contributed by atoms with Crippen LogP contribution in [0.25, 0.3) is 5.76 Å². The third-order valence-corrected chi connectivity index (χ3v) is 5.32. The van der Waals surface area contributed by atoms with Crippen LogP contribution in [0.5, 0.6) is 0 Å². The molecule has 0 aliphatic carbocycles. The van der Waals surface area contributed by atoms with E-state index in [4.69, 9.17) is 11.6 Å². The molecule has 1 N–H and O–H groups in total. The van der Waals surface area contributed by atoms with Crippen molar-refractivity contribution < 1.29 is 14.7 Å². The van der Waals surface area contributed by atoms with E-state index in [0.29, 0.717) is 21.8 Å². The van der Waals surface area contributed by atoms with Crippen molar-refractivity contribution in [2.24, 2.45) is 0 Å². The van der Waals surface area contributed by atoms with Gasteiger partial charge in [-0.1, -0.05) is 72.3 Å². The van der Waals surface area contributed by atoms with E-state index < -0.39 is 17.7 Å². The van der Waals surface area contributed by atoms with Crippen molar-refractivity contribution in [3.63, 3.8) is 0 Å². The molecule has 1 amide bonds. The lowest BCUT2D eigenvalue weighted by atomic mass is 9.95. The van der Waals surface area contributed by atoms with Gasteiger partial charge in [-0.3, -0.25) is 14.5 Å². The van der Waals surface area contributed by atoms with Crippen molar-refractivity contribution in [3.05, 3.63) is 106 Å². The number of carbonyl (C=O) groups is 2. The Labute approximate surface area is 173 Å². The zero-order chi connectivity index (χ0) is 20.5. The SMILES string of the molecule is Cc1cccc(N2C(=O)C(=O)/C(=C(/O)c3ccccc3)[C@H]2c2ccccc2Cl)c1. The highest BCUT2D eigenvalue weighted by Gasteiger charge is 2.47. The predicted molar refractivity (Wildman–Crippen MR) is 114 cm³/mol. The first-order chi connectivity index (χ1) is 14.0. The van der Waals surface area contributed by atoms with E-state index in [1.165, 1.54) is 4.90 Å². The number of nitrogens with zero attached hydrogens (tertiary/aromatic N) is 1. The Morgan fingerprint density at radius 3 is 2.31 bits per heavy atom. The van der Waals surface area contributed by atoms with Crippen LogP contribution >= 0.6 is 11.6 Å². The molecule has 3 aromatic carbocycles. The minimum atomic E-state index is -0.828. The minimum absolute atomic E-state index is 0.0239. The summed E-state index contributed by atoms with van der Waals surface area (Å²) in [5.41, 5.74) is 2.59. The highest BCUT2D eigenvalue weighted by molar-refractivity contribution is 6.52. The second-order valence-corrected chi connectivity index (χ2v) is 7.30. The number of amides is 1.